The van der Waals surface area contributed by atoms with Crippen LogP contribution in [0.1, 0.15) is 36.0 Å². The molecule has 18 heavy (non-hydrogen) atoms. The van der Waals surface area contributed by atoms with E-state index in [1.165, 1.54) is 12.3 Å². The molecule has 0 fully saturated rings. The second-order valence-corrected chi connectivity index (χ2v) is 4.10. The zero-order chi connectivity index (χ0) is 13.1. The Morgan fingerprint density at radius 2 is 2.39 bits per heavy atom. The molecule has 0 aromatic carbocycles. The number of carboxylic acids is 1. The van der Waals surface area contributed by atoms with Crippen LogP contribution in [0, 0.1) is 0 Å². The zero-order valence-corrected chi connectivity index (χ0v) is 10.2. The molecule has 0 atom stereocenters. The summed E-state index contributed by atoms with van der Waals surface area (Å²) in [5.74, 6) is -0.156. The van der Waals surface area contributed by atoms with E-state index in [0.29, 0.717) is 11.5 Å². The maximum Gasteiger partial charge on any atom is 0.339 e. The first-order valence-corrected chi connectivity index (χ1v) is 5.54. The van der Waals surface area contributed by atoms with E-state index in [1.807, 2.05) is 13.8 Å². The van der Waals surface area contributed by atoms with Gasteiger partial charge >= 0.3 is 5.97 Å². The summed E-state index contributed by atoms with van der Waals surface area (Å²) in [5, 5.41) is 13.0. The molecule has 0 saturated heterocycles. The monoisotopic (exact) mass is 250 g/mol. The summed E-state index contributed by atoms with van der Waals surface area (Å²) < 4.78 is 12.3. The van der Waals surface area contributed by atoms with Crippen LogP contribution in [0.2, 0.25) is 0 Å². The number of nitrogens with zero attached hydrogens (tertiary/aromatic N) is 2. The molecule has 2 aromatic rings. The van der Waals surface area contributed by atoms with E-state index < -0.39 is 5.97 Å². The molecular weight excluding hydrogens is 236 g/mol. The van der Waals surface area contributed by atoms with Gasteiger partial charge in [0, 0.05) is 6.04 Å². The van der Waals surface area contributed by atoms with Gasteiger partial charge in [0.2, 0.25) is 0 Å². The molecule has 0 aliphatic heterocycles. The van der Waals surface area contributed by atoms with E-state index in [4.69, 9.17) is 14.3 Å². The van der Waals surface area contributed by atoms with Gasteiger partial charge in [-0.3, -0.25) is 4.68 Å². The summed E-state index contributed by atoms with van der Waals surface area (Å²) in [7, 11) is 0. The minimum absolute atomic E-state index is 0.0679. The molecule has 0 saturated carbocycles. The molecular formula is C12H14N2O4. The number of rotatable bonds is 5. The second-order valence-electron chi connectivity index (χ2n) is 4.10. The van der Waals surface area contributed by atoms with Crippen molar-refractivity contribution in [2.24, 2.45) is 0 Å². The fraction of sp³-hybridized carbons (Fsp3) is 0.333. The van der Waals surface area contributed by atoms with Gasteiger partial charge in [0.1, 0.15) is 12.2 Å². The Morgan fingerprint density at radius 1 is 1.61 bits per heavy atom. The molecule has 2 aromatic heterocycles. The van der Waals surface area contributed by atoms with Gasteiger partial charge in [0.15, 0.2) is 11.5 Å². The van der Waals surface area contributed by atoms with Crippen LogP contribution in [-0.2, 0) is 6.61 Å². The molecule has 0 unspecified atom stereocenters. The molecule has 0 radical (unpaired) electrons. The Kier molecular flexibility index (Phi) is 3.36. The molecule has 0 aliphatic rings. The molecule has 96 valence electrons. The van der Waals surface area contributed by atoms with Crippen LogP contribution in [0.15, 0.2) is 29.1 Å². The molecule has 2 rings (SSSR count). The summed E-state index contributed by atoms with van der Waals surface area (Å²) in [4.78, 5) is 10.9. The van der Waals surface area contributed by atoms with Gasteiger partial charge in [-0.1, -0.05) is 0 Å². The number of carboxylic acid groups (broad SMARTS) is 1. The Bertz CT molecular complexity index is 542. The third-order valence-corrected chi connectivity index (χ3v) is 2.45. The lowest BCUT2D eigenvalue weighted by atomic mass is 10.2. The lowest BCUT2D eigenvalue weighted by Crippen LogP contribution is -2.02. The van der Waals surface area contributed by atoms with Crippen molar-refractivity contribution < 1.29 is 19.1 Å². The SMILES string of the molecule is CC(C)n1cc(OCc2occc2C(=O)O)cn1. The maximum atomic E-state index is 10.9. The van der Waals surface area contributed by atoms with Crippen LogP contribution in [-0.4, -0.2) is 20.9 Å². The molecule has 1 N–H and O–H groups in total. The van der Waals surface area contributed by atoms with Gasteiger partial charge in [-0.15, -0.1) is 0 Å². The average Bonchev–Trinajstić information content (AvgIpc) is 2.95. The van der Waals surface area contributed by atoms with Crippen LogP contribution in [0.3, 0.4) is 0 Å². The number of hydrogen-bond donors (Lipinski definition) is 1. The van der Waals surface area contributed by atoms with Gasteiger partial charge in [0.25, 0.3) is 0 Å². The number of furan rings is 1. The fourth-order valence-electron chi connectivity index (χ4n) is 1.47. The summed E-state index contributed by atoms with van der Waals surface area (Å²) in [6.45, 7) is 4.08. The molecule has 2 heterocycles. The van der Waals surface area contributed by atoms with Crippen molar-refractivity contribution >= 4 is 5.97 Å². The maximum absolute atomic E-state index is 10.9. The quantitative estimate of drug-likeness (QED) is 0.881. The van der Waals surface area contributed by atoms with E-state index >= 15 is 0 Å². The number of aromatic carboxylic acids is 1. The molecule has 0 spiro atoms. The van der Waals surface area contributed by atoms with Crippen molar-refractivity contribution in [1.82, 2.24) is 9.78 Å². The standard InChI is InChI=1S/C12H14N2O4/c1-8(2)14-6-9(5-13-14)18-7-11-10(12(15)16)3-4-17-11/h3-6,8H,7H2,1-2H3,(H,15,16). The van der Waals surface area contributed by atoms with Gasteiger partial charge in [-0.25, -0.2) is 4.79 Å². The van der Waals surface area contributed by atoms with Gasteiger partial charge in [0.05, 0.1) is 18.7 Å². The summed E-state index contributed by atoms with van der Waals surface area (Å²) in [5.41, 5.74) is 0.117. The van der Waals surface area contributed by atoms with Crippen molar-refractivity contribution in [2.45, 2.75) is 26.5 Å². The van der Waals surface area contributed by atoms with Crippen molar-refractivity contribution in [3.63, 3.8) is 0 Å². The zero-order valence-electron chi connectivity index (χ0n) is 10.2. The minimum atomic E-state index is -1.03. The Labute approximate surface area is 104 Å². The van der Waals surface area contributed by atoms with Crippen LogP contribution in [0.4, 0.5) is 0 Å². The summed E-state index contributed by atoms with van der Waals surface area (Å²) >= 11 is 0. The van der Waals surface area contributed by atoms with Crippen LogP contribution < -0.4 is 4.74 Å². The highest BCUT2D eigenvalue weighted by Crippen LogP contribution is 2.16. The first-order valence-electron chi connectivity index (χ1n) is 5.54. The number of aromatic nitrogens is 2. The van der Waals surface area contributed by atoms with E-state index in [2.05, 4.69) is 5.10 Å². The molecule has 0 bridgehead atoms. The van der Waals surface area contributed by atoms with Crippen molar-refractivity contribution in [3.8, 4) is 5.75 Å². The first kappa shape index (κ1) is 12.2. The van der Waals surface area contributed by atoms with E-state index in [-0.39, 0.29) is 18.2 Å². The Hall–Kier alpha value is -2.24. The van der Waals surface area contributed by atoms with E-state index in [0.717, 1.165) is 0 Å². The van der Waals surface area contributed by atoms with Crippen molar-refractivity contribution in [3.05, 3.63) is 36.0 Å². The summed E-state index contributed by atoms with van der Waals surface area (Å²) in [6.07, 6.45) is 4.68. The fourth-order valence-corrected chi connectivity index (χ4v) is 1.47. The third-order valence-electron chi connectivity index (χ3n) is 2.45. The second kappa shape index (κ2) is 4.95. The van der Waals surface area contributed by atoms with E-state index in [9.17, 15) is 4.79 Å². The van der Waals surface area contributed by atoms with Crippen molar-refractivity contribution in [1.29, 1.82) is 0 Å². The minimum Gasteiger partial charge on any atom is -0.482 e. The summed E-state index contributed by atoms with van der Waals surface area (Å²) in [6, 6.07) is 1.65. The Balaban J connectivity index is 2.02. The molecule has 0 aliphatic carbocycles. The van der Waals surface area contributed by atoms with Gasteiger partial charge in [-0.05, 0) is 19.9 Å². The first-order chi connectivity index (χ1) is 8.58. The topological polar surface area (TPSA) is 77.5 Å². The molecule has 0 amide bonds. The lowest BCUT2D eigenvalue weighted by Gasteiger charge is -2.04. The number of ether oxygens (including phenoxy) is 1. The van der Waals surface area contributed by atoms with Crippen molar-refractivity contribution in [2.75, 3.05) is 0 Å². The highest BCUT2D eigenvalue weighted by Gasteiger charge is 2.14. The number of hydrogen-bond acceptors (Lipinski definition) is 4. The highest BCUT2D eigenvalue weighted by molar-refractivity contribution is 5.88. The highest BCUT2D eigenvalue weighted by atomic mass is 16.5. The van der Waals surface area contributed by atoms with Crippen LogP contribution >= 0.6 is 0 Å². The normalized spacial score (nSPS) is 10.8. The predicted molar refractivity (Wildman–Crippen MR) is 62.6 cm³/mol. The largest absolute Gasteiger partial charge is 0.482 e. The van der Waals surface area contributed by atoms with Crippen LogP contribution in [0.5, 0.6) is 5.75 Å². The smallest absolute Gasteiger partial charge is 0.339 e. The van der Waals surface area contributed by atoms with E-state index in [1.54, 1.807) is 17.1 Å². The number of carbonyl (C=O) groups is 1. The molecule has 6 heteroatoms. The van der Waals surface area contributed by atoms with Crippen LogP contribution in [0.25, 0.3) is 0 Å². The predicted octanol–water partition coefficient (Wildman–Crippen LogP) is 2.33. The molecule has 6 nitrogen and oxygen atoms in total. The van der Waals surface area contributed by atoms with Gasteiger partial charge < -0.3 is 14.3 Å². The van der Waals surface area contributed by atoms with Gasteiger partial charge in [-0.2, -0.15) is 5.10 Å². The lowest BCUT2D eigenvalue weighted by molar-refractivity contribution is 0.0692. The average molecular weight is 250 g/mol. The Morgan fingerprint density at radius 3 is 3.00 bits per heavy atom. The third kappa shape index (κ3) is 2.53.